The summed E-state index contributed by atoms with van der Waals surface area (Å²) < 4.78 is 0. The Morgan fingerprint density at radius 1 is 0.923 bits per heavy atom. The highest BCUT2D eigenvalue weighted by atomic mass is 35.5. The average molecular weight is 392 g/mol. The summed E-state index contributed by atoms with van der Waals surface area (Å²) in [5.74, 6) is -0.307. The Morgan fingerprint density at radius 2 is 1.54 bits per heavy atom. The van der Waals surface area contributed by atoms with Gasteiger partial charge in [-0.1, -0.05) is 23.2 Å². The molecule has 0 unspecified atom stereocenters. The number of amides is 2. The number of halogens is 2. The van der Waals surface area contributed by atoms with Gasteiger partial charge in [0.25, 0.3) is 11.8 Å². The fourth-order valence-corrected chi connectivity index (χ4v) is 3.20. The van der Waals surface area contributed by atoms with Crippen LogP contribution in [0.25, 0.3) is 0 Å². The van der Waals surface area contributed by atoms with Crippen molar-refractivity contribution in [3.8, 4) is 0 Å². The Bertz CT molecular complexity index is 816. The van der Waals surface area contributed by atoms with Gasteiger partial charge in [0.05, 0.1) is 10.7 Å². The fourth-order valence-electron chi connectivity index (χ4n) is 2.74. The molecule has 7 heteroatoms. The number of nitrogens with zero attached hydrogens (tertiary/aromatic N) is 2. The van der Waals surface area contributed by atoms with Crippen molar-refractivity contribution in [2.75, 3.05) is 38.5 Å². The molecule has 3 rings (SSSR count). The van der Waals surface area contributed by atoms with Gasteiger partial charge in [0.2, 0.25) is 0 Å². The first kappa shape index (κ1) is 18.7. The molecule has 2 aromatic carbocycles. The molecule has 1 aliphatic rings. The van der Waals surface area contributed by atoms with Crippen LogP contribution in [0, 0.1) is 0 Å². The second kappa shape index (κ2) is 8.08. The molecule has 0 aromatic heterocycles. The number of carbonyl (C=O) groups excluding carboxylic acids is 2. The van der Waals surface area contributed by atoms with Crippen LogP contribution in [0.4, 0.5) is 5.69 Å². The smallest absolute Gasteiger partial charge is 0.255 e. The van der Waals surface area contributed by atoms with E-state index in [0.717, 1.165) is 13.1 Å². The molecule has 1 aliphatic heterocycles. The molecule has 0 saturated carbocycles. The van der Waals surface area contributed by atoms with Crippen LogP contribution in [0.2, 0.25) is 10.0 Å². The molecular weight excluding hydrogens is 373 g/mol. The lowest BCUT2D eigenvalue weighted by Gasteiger charge is -2.32. The van der Waals surface area contributed by atoms with Crippen LogP contribution in [-0.4, -0.2) is 54.8 Å². The van der Waals surface area contributed by atoms with Crippen molar-refractivity contribution in [2.45, 2.75) is 0 Å². The lowest BCUT2D eigenvalue weighted by molar-refractivity contribution is 0.0664. The van der Waals surface area contributed by atoms with Crippen molar-refractivity contribution in [1.29, 1.82) is 0 Å². The predicted molar refractivity (Wildman–Crippen MR) is 104 cm³/mol. The molecule has 5 nitrogen and oxygen atoms in total. The zero-order chi connectivity index (χ0) is 18.7. The third-order valence-electron chi connectivity index (χ3n) is 4.36. The van der Waals surface area contributed by atoms with Gasteiger partial charge in [0.1, 0.15) is 0 Å². The van der Waals surface area contributed by atoms with Gasteiger partial charge in [-0.15, -0.1) is 0 Å². The van der Waals surface area contributed by atoms with E-state index in [2.05, 4.69) is 10.2 Å². The average Bonchev–Trinajstić information content (AvgIpc) is 2.64. The van der Waals surface area contributed by atoms with Crippen LogP contribution in [0.15, 0.2) is 42.5 Å². The third-order valence-corrected chi connectivity index (χ3v) is 4.91. The van der Waals surface area contributed by atoms with Gasteiger partial charge in [-0.3, -0.25) is 9.59 Å². The van der Waals surface area contributed by atoms with Gasteiger partial charge in [-0.25, -0.2) is 0 Å². The van der Waals surface area contributed by atoms with Gasteiger partial charge in [0, 0.05) is 42.3 Å². The normalized spacial score (nSPS) is 15.0. The van der Waals surface area contributed by atoms with E-state index in [9.17, 15) is 9.59 Å². The Hall–Kier alpha value is -2.08. The molecule has 1 N–H and O–H groups in total. The van der Waals surface area contributed by atoms with Crippen molar-refractivity contribution >= 4 is 40.7 Å². The zero-order valence-electron chi connectivity index (χ0n) is 14.3. The second-order valence-electron chi connectivity index (χ2n) is 6.25. The van der Waals surface area contributed by atoms with Crippen molar-refractivity contribution < 1.29 is 9.59 Å². The third kappa shape index (κ3) is 4.36. The fraction of sp³-hybridized carbons (Fsp3) is 0.263. The molecule has 26 heavy (non-hydrogen) atoms. The summed E-state index contributed by atoms with van der Waals surface area (Å²) in [6.07, 6.45) is 0. The van der Waals surface area contributed by atoms with Gasteiger partial charge in [-0.2, -0.15) is 0 Å². The highest BCUT2D eigenvalue weighted by Gasteiger charge is 2.20. The lowest BCUT2D eigenvalue weighted by Crippen LogP contribution is -2.47. The molecule has 0 spiro atoms. The topological polar surface area (TPSA) is 52.7 Å². The number of rotatable bonds is 3. The predicted octanol–water partition coefficient (Wildman–Crippen LogP) is 3.63. The van der Waals surface area contributed by atoms with E-state index in [1.807, 2.05) is 11.9 Å². The first-order valence-corrected chi connectivity index (χ1v) is 9.04. The lowest BCUT2D eigenvalue weighted by atomic mass is 10.1. The highest BCUT2D eigenvalue weighted by molar-refractivity contribution is 6.36. The van der Waals surface area contributed by atoms with Crippen LogP contribution in [0.5, 0.6) is 0 Å². The van der Waals surface area contributed by atoms with Gasteiger partial charge >= 0.3 is 0 Å². The second-order valence-corrected chi connectivity index (χ2v) is 7.09. The molecule has 0 atom stereocenters. The van der Waals surface area contributed by atoms with Crippen molar-refractivity contribution in [1.82, 2.24) is 9.80 Å². The zero-order valence-corrected chi connectivity index (χ0v) is 15.8. The Morgan fingerprint density at radius 3 is 2.15 bits per heavy atom. The van der Waals surface area contributed by atoms with Gasteiger partial charge < -0.3 is 15.1 Å². The van der Waals surface area contributed by atoms with E-state index in [4.69, 9.17) is 23.2 Å². The van der Waals surface area contributed by atoms with E-state index in [1.54, 1.807) is 42.5 Å². The minimum atomic E-state index is -0.298. The molecule has 1 saturated heterocycles. The Balaban J connectivity index is 1.67. The highest BCUT2D eigenvalue weighted by Crippen LogP contribution is 2.25. The number of likely N-dealkylation sites (N-methyl/N-ethyl adjacent to an activating group) is 1. The van der Waals surface area contributed by atoms with Crippen LogP contribution >= 0.6 is 23.2 Å². The van der Waals surface area contributed by atoms with Gasteiger partial charge in [0.15, 0.2) is 0 Å². The monoisotopic (exact) mass is 391 g/mol. The van der Waals surface area contributed by atoms with E-state index in [0.29, 0.717) is 39.9 Å². The number of nitrogens with one attached hydrogen (secondary N) is 1. The SMILES string of the molecule is CN1CCN(C(=O)c2ccc(C(=O)Nc3ccc(Cl)cc3Cl)cc2)CC1. The first-order chi connectivity index (χ1) is 12.4. The molecule has 1 heterocycles. The van der Waals surface area contributed by atoms with Crippen molar-refractivity contribution in [3.05, 3.63) is 63.6 Å². The quantitative estimate of drug-likeness (QED) is 0.868. The minimum absolute atomic E-state index is 0.00851. The molecular formula is C19H19Cl2N3O2. The summed E-state index contributed by atoms with van der Waals surface area (Å²) in [6.45, 7) is 3.17. The maximum absolute atomic E-state index is 12.5. The van der Waals surface area contributed by atoms with Crippen LogP contribution in [-0.2, 0) is 0 Å². The number of carbonyl (C=O) groups is 2. The summed E-state index contributed by atoms with van der Waals surface area (Å²) >= 11 is 11.9. The molecule has 0 aliphatic carbocycles. The number of benzene rings is 2. The maximum atomic E-state index is 12.5. The number of hydrogen-bond acceptors (Lipinski definition) is 3. The number of piperazine rings is 1. The number of anilines is 1. The van der Waals surface area contributed by atoms with Crippen LogP contribution in [0.3, 0.4) is 0 Å². The largest absolute Gasteiger partial charge is 0.336 e. The molecule has 2 amide bonds. The van der Waals surface area contributed by atoms with Crippen molar-refractivity contribution in [3.63, 3.8) is 0 Å². The van der Waals surface area contributed by atoms with E-state index in [1.165, 1.54) is 0 Å². The summed E-state index contributed by atoms with van der Waals surface area (Å²) in [4.78, 5) is 28.9. The minimum Gasteiger partial charge on any atom is -0.336 e. The maximum Gasteiger partial charge on any atom is 0.255 e. The standard InChI is InChI=1S/C19H19Cl2N3O2/c1-23-8-10-24(11-9-23)19(26)14-4-2-13(3-5-14)18(25)22-17-7-6-15(20)12-16(17)21/h2-7,12H,8-11H2,1H3,(H,22,25). The van der Waals surface area contributed by atoms with E-state index >= 15 is 0 Å². The van der Waals surface area contributed by atoms with Gasteiger partial charge in [-0.05, 0) is 49.5 Å². The molecule has 0 bridgehead atoms. The summed E-state index contributed by atoms with van der Waals surface area (Å²) in [6, 6.07) is 11.5. The summed E-state index contributed by atoms with van der Waals surface area (Å²) in [7, 11) is 2.04. The Kier molecular flexibility index (Phi) is 5.81. The van der Waals surface area contributed by atoms with Crippen molar-refractivity contribution in [2.24, 2.45) is 0 Å². The summed E-state index contributed by atoms with van der Waals surface area (Å²) in [5, 5.41) is 3.61. The number of hydrogen-bond donors (Lipinski definition) is 1. The van der Waals surface area contributed by atoms with Crippen LogP contribution in [0.1, 0.15) is 20.7 Å². The Labute approximate surface area is 162 Å². The molecule has 136 valence electrons. The van der Waals surface area contributed by atoms with E-state index in [-0.39, 0.29) is 11.8 Å². The van der Waals surface area contributed by atoms with Crippen LogP contribution < -0.4 is 5.32 Å². The first-order valence-electron chi connectivity index (χ1n) is 8.28. The molecule has 0 radical (unpaired) electrons. The molecule has 2 aromatic rings. The van der Waals surface area contributed by atoms with E-state index < -0.39 is 0 Å². The molecule has 1 fully saturated rings. The summed E-state index contributed by atoms with van der Waals surface area (Å²) in [5.41, 5.74) is 1.51.